The number of nitrogens with two attached hydrogens (primary N) is 1. The lowest BCUT2D eigenvalue weighted by Gasteiger charge is -2.21. The molecule has 19 heavy (non-hydrogen) atoms. The SMILES string of the molecule is Cc1nn(-c2ccc(F)cc2)c2c1CC(CN)CC2. The van der Waals surface area contributed by atoms with Gasteiger partial charge in [-0.25, -0.2) is 9.07 Å². The standard InChI is InChI=1S/C15H18FN3/c1-10-14-8-11(9-17)2-7-15(14)19(18-10)13-5-3-12(16)4-6-13/h3-6,11H,2,7-9,17H2,1H3. The zero-order valence-corrected chi connectivity index (χ0v) is 11.1. The Morgan fingerprint density at radius 3 is 2.79 bits per heavy atom. The maximum Gasteiger partial charge on any atom is 0.123 e. The molecule has 0 saturated carbocycles. The predicted octanol–water partition coefficient (Wildman–Crippen LogP) is 2.38. The quantitative estimate of drug-likeness (QED) is 0.900. The average molecular weight is 259 g/mol. The van der Waals surface area contributed by atoms with E-state index < -0.39 is 0 Å². The van der Waals surface area contributed by atoms with Crippen LogP contribution in [0.2, 0.25) is 0 Å². The van der Waals surface area contributed by atoms with E-state index in [4.69, 9.17) is 5.73 Å². The third kappa shape index (κ3) is 2.16. The number of aromatic nitrogens is 2. The van der Waals surface area contributed by atoms with Gasteiger partial charge < -0.3 is 5.73 Å². The number of fused-ring (bicyclic) bond motifs is 1. The Labute approximate surface area is 112 Å². The van der Waals surface area contributed by atoms with Crippen LogP contribution in [0.15, 0.2) is 24.3 Å². The van der Waals surface area contributed by atoms with Gasteiger partial charge in [-0.05, 0) is 68.5 Å². The summed E-state index contributed by atoms with van der Waals surface area (Å²) >= 11 is 0. The van der Waals surface area contributed by atoms with E-state index in [2.05, 4.69) is 5.10 Å². The zero-order chi connectivity index (χ0) is 13.4. The Kier molecular flexibility index (Phi) is 3.11. The summed E-state index contributed by atoms with van der Waals surface area (Å²) in [5, 5.41) is 4.61. The fourth-order valence-electron chi connectivity index (χ4n) is 2.86. The first kappa shape index (κ1) is 12.4. The van der Waals surface area contributed by atoms with Crippen LogP contribution in [0, 0.1) is 18.7 Å². The van der Waals surface area contributed by atoms with Gasteiger partial charge in [0.1, 0.15) is 5.82 Å². The second kappa shape index (κ2) is 4.78. The first-order valence-electron chi connectivity index (χ1n) is 6.72. The molecule has 1 aromatic heterocycles. The molecule has 2 aromatic rings. The van der Waals surface area contributed by atoms with Crippen LogP contribution in [-0.2, 0) is 12.8 Å². The number of nitrogens with zero attached hydrogens (tertiary/aromatic N) is 2. The molecule has 0 aliphatic heterocycles. The van der Waals surface area contributed by atoms with Gasteiger partial charge in [0, 0.05) is 5.69 Å². The van der Waals surface area contributed by atoms with Crippen LogP contribution in [0.4, 0.5) is 4.39 Å². The van der Waals surface area contributed by atoms with Gasteiger partial charge in [0.05, 0.1) is 11.4 Å². The van der Waals surface area contributed by atoms with E-state index >= 15 is 0 Å². The Balaban J connectivity index is 2.03. The molecule has 0 fully saturated rings. The summed E-state index contributed by atoms with van der Waals surface area (Å²) in [5.41, 5.74) is 10.4. The van der Waals surface area contributed by atoms with Crippen molar-refractivity contribution in [2.75, 3.05) is 6.54 Å². The fourth-order valence-corrected chi connectivity index (χ4v) is 2.86. The van der Waals surface area contributed by atoms with Crippen LogP contribution in [0.3, 0.4) is 0 Å². The Bertz CT molecular complexity index is 586. The van der Waals surface area contributed by atoms with E-state index in [9.17, 15) is 4.39 Å². The first-order valence-corrected chi connectivity index (χ1v) is 6.72. The lowest BCUT2D eigenvalue weighted by atomic mass is 9.86. The molecule has 1 heterocycles. The Morgan fingerprint density at radius 1 is 1.37 bits per heavy atom. The maximum atomic E-state index is 13.0. The van der Waals surface area contributed by atoms with Crippen LogP contribution < -0.4 is 5.73 Å². The van der Waals surface area contributed by atoms with E-state index in [-0.39, 0.29) is 5.82 Å². The molecule has 3 nitrogen and oxygen atoms in total. The minimum absolute atomic E-state index is 0.218. The van der Waals surface area contributed by atoms with Crippen molar-refractivity contribution in [1.82, 2.24) is 9.78 Å². The molecule has 1 aliphatic carbocycles. The number of rotatable bonds is 2. The summed E-state index contributed by atoms with van der Waals surface area (Å²) in [7, 11) is 0. The smallest absolute Gasteiger partial charge is 0.123 e. The number of benzene rings is 1. The van der Waals surface area contributed by atoms with E-state index in [0.717, 1.165) is 37.2 Å². The molecule has 0 saturated heterocycles. The van der Waals surface area contributed by atoms with Gasteiger partial charge in [-0.1, -0.05) is 0 Å². The highest BCUT2D eigenvalue weighted by atomic mass is 19.1. The topological polar surface area (TPSA) is 43.8 Å². The number of hydrogen-bond acceptors (Lipinski definition) is 2. The van der Waals surface area contributed by atoms with Crippen molar-refractivity contribution >= 4 is 0 Å². The van der Waals surface area contributed by atoms with Crippen molar-refractivity contribution in [2.45, 2.75) is 26.2 Å². The molecule has 4 heteroatoms. The second-order valence-corrected chi connectivity index (χ2v) is 5.24. The molecule has 1 aliphatic rings. The number of aryl methyl sites for hydroxylation is 1. The highest BCUT2D eigenvalue weighted by Gasteiger charge is 2.24. The third-order valence-corrected chi connectivity index (χ3v) is 3.98. The molecule has 0 spiro atoms. The highest BCUT2D eigenvalue weighted by Crippen LogP contribution is 2.29. The van der Waals surface area contributed by atoms with E-state index in [1.807, 2.05) is 11.6 Å². The summed E-state index contributed by atoms with van der Waals surface area (Å²) < 4.78 is 15.0. The zero-order valence-electron chi connectivity index (χ0n) is 11.1. The van der Waals surface area contributed by atoms with Crippen molar-refractivity contribution in [2.24, 2.45) is 11.7 Å². The van der Waals surface area contributed by atoms with Crippen molar-refractivity contribution in [1.29, 1.82) is 0 Å². The summed E-state index contributed by atoms with van der Waals surface area (Å²) in [6.07, 6.45) is 3.12. The first-order chi connectivity index (χ1) is 9.19. The lowest BCUT2D eigenvalue weighted by molar-refractivity contribution is 0.461. The largest absolute Gasteiger partial charge is 0.330 e. The molecule has 1 atom stereocenters. The van der Waals surface area contributed by atoms with E-state index in [1.54, 1.807) is 12.1 Å². The summed E-state index contributed by atoms with van der Waals surface area (Å²) in [6, 6.07) is 6.50. The van der Waals surface area contributed by atoms with Crippen LogP contribution in [0.1, 0.15) is 23.4 Å². The van der Waals surface area contributed by atoms with Crippen molar-refractivity contribution < 1.29 is 4.39 Å². The summed E-state index contributed by atoms with van der Waals surface area (Å²) in [6.45, 7) is 2.78. The normalized spacial score (nSPS) is 18.4. The fraction of sp³-hybridized carbons (Fsp3) is 0.400. The molecule has 0 bridgehead atoms. The Morgan fingerprint density at radius 2 is 2.11 bits per heavy atom. The average Bonchev–Trinajstić information content (AvgIpc) is 2.76. The molecular formula is C15H18FN3. The van der Waals surface area contributed by atoms with E-state index in [1.165, 1.54) is 23.4 Å². The molecule has 2 N–H and O–H groups in total. The minimum atomic E-state index is -0.218. The molecule has 0 radical (unpaired) electrons. The van der Waals surface area contributed by atoms with Crippen molar-refractivity contribution in [3.63, 3.8) is 0 Å². The van der Waals surface area contributed by atoms with Gasteiger partial charge in [0.15, 0.2) is 0 Å². The van der Waals surface area contributed by atoms with Crippen LogP contribution in [0.25, 0.3) is 5.69 Å². The van der Waals surface area contributed by atoms with Crippen LogP contribution in [-0.4, -0.2) is 16.3 Å². The van der Waals surface area contributed by atoms with Gasteiger partial charge in [-0.2, -0.15) is 5.10 Å². The molecular weight excluding hydrogens is 241 g/mol. The number of hydrogen-bond donors (Lipinski definition) is 1. The highest BCUT2D eigenvalue weighted by molar-refractivity contribution is 5.39. The van der Waals surface area contributed by atoms with Crippen LogP contribution in [0.5, 0.6) is 0 Å². The molecule has 3 rings (SSSR count). The Hall–Kier alpha value is -1.68. The third-order valence-electron chi connectivity index (χ3n) is 3.98. The van der Waals surface area contributed by atoms with Crippen LogP contribution >= 0.6 is 0 Å². The predicted molar refractivity (Wildman–Crippen MR) is 72.8 cm³/mol. The summed E-state index contributed by atoms with van der Waals surface area (Å²) in [4.78, 5) is 0. The minimum Gasteiger partial charge on any atom is -0.330 e. The van der Waals surface area contributed by atoms with Crippen molar-refractivity contribution in [3.8, 4) is 5.69 Å². The molecule has 1 unspecified atom stereocenters. The van der Waals surface area contributed by atoms with Gasteiger partial charge in [-0.3, -0.25) is 0 Å². The summed E-state index contributed by atoms with van der Waals surface area (Å²) in [5.74, 6) is 0.349. The maximum absolute atomic E-state index is 13.0. The molecule has 0 amide bonds. The van der Waals surface area contributed by atoms with Crippen molar-refractivity contribution in [3.05, 3.63) is 47.0 Å². The molecule has 100 valence electrons. The van der Waals surface area contributed by atoms with Gasteiger partial charge >= 0.3 is 0 Å². The molecule has 1 aromatic carbocycles. The van der Waals surface area contributed by atoms with Gasteiger partial charge in [0.25, 0.3) is 0 Å². The van der Waals surface area contributed by atoms with E-state index in [0.29, 0.717) is 5.92 Å². The van der Waals surface area contributed by atoms with Gasteiger partial charge in [-0.15, -0.1) is 0 Å². The number of halogens is 1. The van der Waals surface area contributed by atoms with Gasteiger partial charge in [0.2, 0.25) is 0 Å². The second-order valence-electron chi connectivity index (χ2n) is 5.24. The monoisotopic (exact) mass is 259 g/mol. The lowest BCUT2D eigenvalue weighted by Crippen LogP contribution is -2.23.